The Morgan fingerprint density at radius 2 is 1.07 bits per heavy atom. The maximum absolute atomic E-state index is 3.25. The molecule has 2 fully saturated rings. The third-order valence-corrected chi connectivity index (χ3v) is 5.91. The molecule has 0 aliphatic heterocycles. The van der Waals surface area contributed by atoms with Gasteiger partial charge in [-0.15, -0.1) is 9.24 Å². The number of hydrogen-bond acceptors (Lipinski definition) is 0. The first-order chi connectivity index (χ1) is 7.21. The zero-order chi connectivity index (χ0) is 10.7. The van der Waals surface area contributed by atoms with Crippen LogP contribution in [0.1, 0.15) is 71.1 Å². The molecule has 1 atom stereocenters. The van der Waals surface area contributed by atoms with Crippen LogP contribution in [0.3, 0.4) is 0 Å². The van der Waals surface area contributed by atoms with Gasteiger partial charge in [-0.2, -0.15) is 0 Å². The average molecular weight is 226 g/mol. The first kappa shape index (κ1) is 11.9. The lowest BCUT2D eigenvalue weighted by Crippen LogP contribution is -2.38. The van der Waals surface area contributed by atoms with Crippen molar-refractivity contribution in [1.82, 2.24) is 0 Å². The van der Waals surface area contributed by atoms with Gasteiger partial charge in [0.15, 0.2) is 0 Å². The minimum atomic E-state index is 0.556. The minimum Gasteiger partial charge on any atom is -0.131 e. The second kappa shape index (κ2) is 5.17. The lowest BCUT2D eigenvalue weighted by molar-refractivity contribution is 0.188. The summed E-state index contributed by atoms with van der Waals surface area (Å²) >= 11 is 0. The van der Waals surface area contributed by atoms with Gasteiger partial charge in [0.25, 0.3) is 0 Å². The summed E-state index contributed by atoms with van der Waals surface area (Å²) in [5.74, 6) is 2.00. The zero-order valence-electron chi connectivity index (χ0n) is 10.3. The molecule has 0 heterocycles. The Labute approximate surface area is 97.8 Å². The molecule has 0 bridgehead atoms. The molecule has 2 aliphatic rings. The van der Waals surface area contributed by atoms with E-state index in [1.54, 1.807) is 0 Å². The summed E-state index contributed by atoms with van der Waals surface area (Å²) in [5.41, 5.74) is 0. The Kier molecular flexibility index (Phi) is 4.10. The van der Waals surface area contributed by atoms with E-state index in [1.807, 2.05) is 0 Å². The van der Waals surface area contributed by atoms with Gasteiger partial charge < -0.3 is 0 Å². The highest BCUT2D eigenvalue weighted by Crippen LogP contribution is 2.47. The molecule has 0 aromatic carbocycles. The van der Waals surface area contributed by atoms with Crippen LogP contribution in [0.25, 0.3) is 0 Å². The van der Waals surface area contributed by atoms with Crippen molar-refractivity contribution in [1.29, 1.82) is 0 Å². The average Bonchev–Trinajstić information content (AvgIpc) is 2.31. The van der Waals surface area contributed by atoms with Crippen molar-refractivity contribution in [3.05, 3.63) is 0 Å². The maximum atomic E-state index is 3.25. The van der Waals surface area contributed by atoms with Crippen LogP contribution in [0, 0.1) is 11.8 Å². The lowest BCUT2D eigenvalue weighted by Gasteiger charge is -2.44. The second-order valence-electron chi connectivity index (χ2n) is 6.04. The fourth-order valence-electron chi connectivity index (χ4n) is 3.78. The van der Waals surface area contributed by atoms with Crippen LogP contribution in [-0.2, 0) is 0 Å². The van der Waals surface area contributed by atoms with Crippen LogP contribution in [-0.4, -0.2) is 5.16 Å². The molecule has 2 aliphatic carbocycles. The van der Waals surface area contributed by atoms with E-state index in [0.29, 0.717) is 5.16 Å². The van der Waals surface area contributed by atoms with Crippen LogP contribution >= 0.6 is 9.24 Å². The Hall–Kier alpha value is 0.430. The number of hydrogen-bond donors (Lipinski definition) is 0. The smallest absolute Gasteiger partial charge is 0.0122 e. The standard InChI is InChI=1S/C14H27P/c1-14(15,12-8-4-2-5-9-12)13-10-6-3-7-11-13/h12-13H,2-11,15H2,1H3. The van der Waals surface area contributed by atoms with Gasteiger partial charge in [0.2, 0.25) is 0 Å². The van der Waals surface area contributed by atoms with Crippen molar-refractivity contribution >= 4 is 9.24 Å². The molecule has 88 valence electrons. The van der Waals surface area contributed by atoms with Crippen LogP contribution in [0.15, 0.2) is 0 Å². The SMILES string of the molecule is CC(P)(C1CCCCC1)C1CCCCC1. The van der Waals surface area contributed by atoms with E-state index in [0.717, 1.165) is 11.8 Å². The third-order valence-electron chi connectivity index (χ3n) is 4.97. The molecule has 0 spiro atoms. The third kappa shape index (κ3) is 2.76. The minimum absolute atomic E-state index is 0.556. The summed E-state index contributed by atoms with van der Waals surface area (Å²) < 4.78 is 0. The first-order valence-corrected chi connectivity index (χ1v) is 7.58. The van der Waals surface area contributed by atoms with Crippen LogP contribution in [0.4, 0.5) is 0 Å². The molecular weight excluding hydrogens is 199 g/mol. The highest BCUT2D eigenvalue weighted by molar-refractivity contribution is 7.19. The highest BCUT2D eigenvalue weighted by Gasteiger charge is 2.37. The molecule has 0 aromatic rings. The molecule has 1 heteroatoms. The van der Waals surface area contributed by atoms with E-state index in [2.05, 4.69) is 16.2 Å². The summed E-state index contributed by atoms with van der Waals surface area (Å²) in [4.78, 5) is 0. The quantitative estimate of drug-likeness (QED) is 0.594. The van der Waals surface area contributed by atoms with Crippen molar-refractivity contribution in [2.24, 2.45) is 11.8 Å². The predicted octanol–water partition coefficient (Wildman–Crippen LogP) is 4.78. The van der Waals surface area contributed by atoms with E-state index < -0.39 is 0 Å². The van der Waals surface area contributed by atoms with Crippen LogP contribution in [0.2, 0.25) is 0 Å². The highest BCUT2D eigenvalue weighted by atomic mass is 31.0. The molecule has 0 amide bonds. The van der Waals surface area contributed by atoms with Gasteiger partial charge in [-0.3, -0.25) is 0 Å². The van der Waals surface area contributed by atoms with Gasteiger partial charge in [-0.25, -0.2) is 0 Å². The van der Waals surface area contributed by atoms with Crippen LogP contribution in [0.5, 0.6) is 0 Å². The molecule has 0 N–H and O–H groups in total. The monoisotopic (exact) mass is 226 g/mol. The van der Waals surface area contributed by atoms with E-state index in [9.17, 15) is 0 Å². The Balaban J connectivity index is 1.96. The van der Waals surface area contributed by atoms with E-state index in [1.165, 1.54) is 64.2 Å². The van der Waals surface area contributed by atoms with Gasteiger partial charge in [0, 0.05) is 0 Å². The molecule has 2 rings (SSSR count). The molecular formula is C14H27P. The summed E-state index contributed by atoms with van der Waals surface area (Å²) in [6, 6.07) is 0. The van der Waals surface area contributed by atoms with Crippen molar-refractivity contribution in [2.45, 2.75) is 76.3 Å². The normalized spacial score (nSPS) is 26.8. The molecule has 0 saturated heterocycles. The Morgan fingerprint density at radius 1 is 0.733 bits per heavy atom. The predicted molar refractivity (Wildman–Crippen MR) is 71.3 cm³/mol. The summed E-state index contributed by atoms with van der Waals surface area (Å²) in [7, 11) is 3.25. The van der Waals surface area contributed by atoms with E-state index in [4.69, 9.17) is 0 Å². The molecule has 0 radical (unpaired) electrons. The molecule has 0 aromatic heterocycles. The molecule has 15 heavy (non-hydrogen) atoms. The van der Waals surface area contributed by atoms with Gasteiger partial charge in [-0.1, -0.05) is 45.4 Å². The largest absolute Gasteiger partial charge is 0.131 e. The van der Waals surface area contributed by atoms with E-state index >= 15 is 0 Å². The van der Waals surface area contributed by atoms with Crippen molar-refractivity contribution in [3.63, 3.8) is 0 Å². The lowest BCUT2D eigenvalue weighted by atomic mass is 9.70. The Bertz CT molecular complexity index is 166. The number of rotatable bonds is 2. The fourth-order valence-corrected chi connectivity index (χ4v) is 4.45. The molecule has 0 nitrogen and oxygen atoms in total. The van der Waals surface area contributed by atoms with Gasteiger partial charge in [0.1, 0.15) is 0 Å². The van der Waals surface area contributed by atoms with Crippen LogP contribution < -0.4 is 0 Å². The van der Waals surface area contributed by atoms with Crippen molar-refractivity contribution in [2.75, 3.05) is 0 Å². The van der Waals surface area contributed by atoms with Crippen molar-refractivity contribution < 1.29 is 0 Å². The maximum Gasteiger partial charge on any atom is -0.0122 e. The second-order valence-corrected chi connectivity index (χ2v) is 7.28. The molecule has 2 saturated carbocycles. The Morgan fingerprint density at radius 3 is 1.40 bits per heavy atom. The summed E-state index contributed by atoms with van der Waals surface area (Å²) in [5, 5.41) is 0.556. The summed E-state index contributed by atoms with van der Waals surface area (Å²) in [6.07, 6.45) is 14.9. The zero-order valence-corrected chi connectivity index (χ0v) is 11.5. The van der Waals surface area contributed by atoms with Crippen molar-refractivity contribution in [3.8, 4) is 0 Å². The first-order valence-electron chi connectivity index (χ1n) is 7.00. The summed E-state index contributed by atoms with van der Waals surface area (Å²) in [6.45, 7) is 2.53. The topological polar surface area (TPSA) is 0 Å². The molecule has 1 unspecified atom stereocenters. The van der Waals surface area contributed by atoms with Gasteiger partial charge in [0.05, 0.1) is 0 Å². The van der Waals surface area contributed by atoms with Gasteiger partial charge in [-0.05, 0) is 42.7 Å². The fraction of sp³-hybridized carbons (Fsp3) is 1.00. The van der Waals surface area contributed by atoms with E-state index in [-0.39, 0.29) is 0 Å². The van der Waals surface area contributed by atoms with Gasteiger partial charge >= 0.3 is 0 Å².